The monoisotopic (exact) mass is 530 g/mol. The number of hydrogen-bond acceptors (Lipinski definition) is 9. The molecule has 10 heteroatoms. The standard InChI is InChI=1S/C28H38N2O8/c1-8-37-24-17-21(25(38-9-2)27(36-7)26(24)35-6)28(3,18-29)14-10-11-20(30(31)32)15-19-12-13-22(33-4)23(16-19)34-5/h12-13,16-17,20H,8-11,14-15H2,1-7H3. The number of methoxy groups -OCH3 is 4. The molecule has 0 fully saturated rings. The van der Waals surface area contributed by atoms with Crippen LogP contribution in [0.25, 0.3) is 0 Å². The quantitative estimate of drug-likeness (QED) is 0.208. The van der Waals surface area contributed by atoms with E-state index in [0.717, 1.165) is 5.56 Å². The van der Waals surface area contributed by atoms with Gasteiger partial charge >= 0.3 is 0 Å². The van der Waals surface area contributed by atoms with Crippen LogP contribution in [0, 0.1) is 21.4 Å². The van der Waals surface area contributed by atoms with Crippen LogP contribution in [-0.4, -0.2) is 52.6 Å². The SMILES string of the molecule is CCOc1cc(C(C)(C#N)CCCC(Cc2ccc(OC)c(OC)c2)[N+](=O)[O-])c(OCC)c(OC)c1OC. The minimum absolute atomic E-state index is 0.228. The molecule has 0 heterocycles. The van der Waals surface area contributed by atoms with Gasteiger partial charge in [0.2, 0.25) is 17.5 Å². The highest BCUT2D eigenvalue weighted by Crippen LogP contribution is 2.51. The second-order valence-electron chi connectivity index (χ2n) is 8.85. The highest BCUT2D eigenvalue weighted by molar-refractivity contribution is 5.65. The van der Waals surface area contributed by atoms with Crippen molar-refractivity contribution in [2.75, 3.05) is 41.7 Å². The van der Waals surface area contributed by atoms with Crippen molar-refractivity contribution in [3.8, 4) is 40.6 Å². The normalized spacial score (nSPS) is 13.0. The number of hydrogen-bond donors (Lipinski definition) is 0. The molecular weight excluding hydrogens is 492 g/mol. The van der Waals surface area contributed by atoms with E-state index in [1.807, 2.05) is 13.8 Å². The van der Waals surface area contributed by atoms with Gasteiger partial charge in [-0.05, 0) is 57.4 Å². The van der Waals surface area contributed by atoms with E-state index < -0.39 is 11.5 Å². The van der Waals surface area contributed by atoms with Crippen molar-refractivity contribution in [1.82, 2.24) is 0 Å². The average molecular weight is 531 g/mol. The Balaban J connectivity index is 2.34. The maximum Gasteiger partial charge on any atom is 0.217 e. The Labute approximate surface area is 224 Å². The largest absolute Gasteiger partial charge is 0.493 e. The first-order valence-corrected chi connectivity index (χ1v) is 12.5. The van der Waals surface area contributed by atoms with Crippen LogP contribution < -0.4 is 28.4 Å². The van der Waals surface area contributed by atoms with Crippen LogP contribution in [0.3, 0.4) is 0 Å². The molecule has 2 rings (SSSR count). The third-order valence-corrected chi connectivity index (χ3v) is 6.43. The Morgan fingerprint density at radius 1 is 0.921 bits per heavy atom. The third-order valence-electron chi connectivity index (χ3n) is 6.43. The molecule has 0 bridgehead atoms. The molecule has 0 N–H and O–H groups in total. The van der Waals surface area contributed by atoms with Gasteiger partial charge in [0, 0.05) is 23.3 Å². The molecule has 0 aliphatic heterocycles. The number of nitro groups is 1. The average Bonchev–Trinajstić information content (AvgIpc) is 2.92. The Morgan fingerprint density at radius 2 is 1.58 bits per heavy atom. The summed E-state index contributed by atoms with van der Waals surface area (Å²) in [7, 11) is 6.07. The van der Waals surface area contributed by atoms with Gasteiger partial charge in [0.05, 0.1) is 53.1 Å². The summed E-state index contributed by atoms with van der Waals surface area (Å²) in [4.78, 5) is 11.6. The van der Waals surface area contributed by atoms with Crippen molar-refractivity contribution in [3.05, 3.63) is 45.5 Å². The summed E-state index contributed by atoms with van der Waals surface area (Å²) >= 11 is 0. The van der Waals surface area contributed by atoms with Gasteiger partial charge in [0.15, 0.2) is 23.0 Å². The zero-order chi connectivity index (χ0) is 28.3. The molecule has 0 spiro atoms. The van der Waals surface area contributed by atoms with Crippen LogP contribution >= 0.6 is 0 Å². The Hall–Kier alpha value is -3.87. The molecule has 10 nitrogen and oxygen atoms in total. The molecular formula is C28H38N2O8. The van der Waals surface area contributed by atoms with E-state index in [2.05, 4.69) is 6.07 Å². The van der Waals surface area contributed by atoms with Crippen molar-refractivity contribution >= 4 is 0 Å². The Kier molecular flexibility index (Phi) is 11.3. The summed E-state index contributed by atoms with van der Waals surface area (Å²) in [5.41, 5.74) is 0.327. The number of benzene rings is 2. The first kappa shape index (κ1) is 30.4. The third kappa shape index (κ3) is 6.91. The smallest absolute Gasteiger partial charge is 0.217 e. The molecule has 0 aromatic heterocycles. The van der Waals surface area contributed by atoms with Gasteiger partial charge in [-0.1, -0.05) is 6.07 Å². The van der Waals surface area contributed by atoms with Gasteiger partial charge in [-0.15, -0.1) is 0 Å². The second kappa shape index (κ2) is 14.2. The fourth-order valence-electron chi connectivity index (χ4n) is 4.44. The van der Waals surface area contributed by atoms with Gasteiger partial charge in [-0.2, -0.15) is 5.26 Å². The lowest BCUT2D eigenvalue weighted by Crippen LogP contribution is -2.25. The zero-order valence-electron chi connectivity index (χ0n) is 23.3. The lowest BCUT2D eigenvalue weighted by atomic mass is 9.78. The van der Waals surface area contributed by atoms with E-state index in [1.54, 1.807) is 31.2 Å². The molecule has 0 aliphatic carbocycles. The fourth-order valence-corrected chi connectivity index (χ4v) is 4.44. The second-order valence-corrected chi connectivity index (χ2v) is 8.85. The first-order valence-electron chi connectivity index (χ1n) is 12.5. The van der Waals surface area contributed by atoms with Gasteiger partial charge in [-0.25, -0.2) is 0 Å². The molecule has 0 aliphatic rings. The number of rotatable bonds is 16. The minimum atomic E-state index is -1.03. The molecule has 2 unspecified atom stereocenters. The van der Waals surface area contributed by atoms with Crippen LogP contribution in [0.4, 0.5) is 0 Å². The molecule has 2 aromatic rings. The van der Waals surface area contributed by atoms with Gasteiger partial charge in [-0.3, -0.25) is 10.1 Å². The lowest BCUT2D eigenvalue weighted by Gasteiger charge is -2.28. The maximum atomic E-state index is 11.9. The molecule has 2 atom stereocenters. The molecule has 0 amide bonds. The van der Waals surface area contributed by atoms with Crippen molar-refractivity contribution in [2.45, 2.75) is 57.9 Å². The van der Waals surface area contributed by atoms with E-state index in [0.29, 0.717) is 66.1 Å². The molecule has 2 aromatic carbocycles. The van der Waals surface area contributed by atoms with E-state index >= 15 is 0 Å². The Morgan fingerprint density at radius 3 is 2.11 bits per heavy atom. The Bertz CT molecular complexity index is 1130. The van der Waals surface area contributed by atoms with Crippen LogP contribution in [0.15, 0.2) is 24.3 Å². The van der Waals surface area contributed by atoms with Crippen LogP contribution in [-0.2, 0) is 11.8 Å². The fraction of sp³-hybridized carbons (Fsp3) is 0.536. The lowest BCUT2D eigenvalue weighted by molar-refractivity contribution is -0.523. The summed E-state index contributed by atoms with van der Waals surface area (Å²) < 4.78 is 33.4. The van der Waals surface area contributed by atoms with Crippen LogP contribution in [0.5, 0.6) is 34.5 Å². The van der Waals surface area contributed by atoms with Crippen molar-refractivity contribution < 1.29 is 33.3 Å². The summed E-state index contributed by atoms with van der Waals surface area (Å²) in [5.74, 6) is 2.63. The van der Waals surface area contributed by atoms with E-state index in [-0.39, 0.29) is 17.8 Å². The van der Waals surface area contributed by atoms with Crippen molar-refractivity contribution in [3.63, 3.8) is 0 Å². The summed E-state index contributed by atoms with van der Waals surface area (Å²) in [6.45, 7) is 6.21. The molecule has 0 saturated heterocycles. The van der Waals surface area contributed by atoms with Gasteiger partial charge in [0.25, 0.3) is 0 Å². The van der Waals surface area contributed by atoms with Crippen LogP contribution in [0.1, 0.15) is 51.2 Å². The summed E-state index contributed by atoms with van der Waals surface area (Å²) in [5, 5.41) is 22.2. The first-order chi connectivity index (χ1) is 18.2. The molecule has 0 saturated carbocycles. The van der Waals surface area contributed by atoms with E-state index in [4.69, 9.17) is 28.4 Å². The number of ether oxygens (including phenoxy) is 6. The van der Waals surface area contributed by atoms with Crippen molar-refractivity contribution in [2.24, 2.45) is 0 Å². The van der Waals surface area contributed by atoms with E-state index in [9.17, 15) is 15.4 Å². The van der Waals surface area contributed by atoms with Crippen LogP contribution in [0.2, 0.25) is 0 Å². The van der Waals surface area contributed by atoms with Crippen molar-refractivity contribution in [1.29, 1.82) is 5.26 Å². The summed E-state index contributed by atoms with van der Waals surface area (Å²) in [6.07, 6.45) is 1.31. The van der Waals surface area contributed by atoms with Gasteiger partial charge < -0.3 is 28.4 Å². The minimum Gasteiger partial charge on any atom is -0.493 e. The summed E-state index contributed by atoms with van der Waals surface area (Å²) in [6, 6.07) is 8.60. The molecule has 0 radical (unpaired) electrons. The highest BCUT2D eigenvalue weighted by Gasteiger charge is 2.35. The zero-order valence-corrected chi connectivity index (χ0v) is 23.3. The predicted octanol–water partition coefficient (Wildman–Crippen LogP) is 5.36. The van der Waals surface area contributed by atoms with Gasteiger partial charge in [0.1, 0.15) is 0 Å². The highest BCUT2D eigenvalue weighted by atomic mass is 16.6. The topological polar surface area (TPSA) is 122 Å². The molecule has 208 valence electrons. The maximum absolute atomic E-state index is 11.9. The molecule has 38 heavy (non-hydrogen) atoms. The predicted molar refractivity (Wildman–Crippen MR) is 143 cm³/mol. The number of nitriles is 1. The van der Waals surface area contributed by atoms with E-state index in [1.165, 1.54) is 28.4 Å². The number of nitrogens with zero attached hydrogens (tertiary/aromatic N) is 2.